The summed E-state index contributed by atoms with van der Waals surface area (Å²) in [6.07, 6.45) is -4.71. The maximum atomic E-state index is 12.3. The van der Waals surface area contributed by atoms with E-state index in [2.05, 4.69) is 15.2 Å². The summed E-state index contributed by atoms with van der Waals surface area (Å²) in [5.74, 6) is 0.0924. The van der Waals surface area contributed by atoms with Gasteiger partial charge in [-0.15, -0.1) is 13.2 Å². The number of fused-ring (bicyclic) bond motifs is 1. The fraction of sp³-hybridized carbons (Fsp3) is 0.316. The fourth-order valence-corrected chi connectivity index (χ4v) is 2.96. The Labute approximate surface area is 158 Å². The number of benzene rings is 2. The number of alkyl halides is 3. The van der Waals surface area contributed by atoms with Crippen molar-refractivity contribution in [2.24, 2.45) is 0 Å². The van der Waals surface area contributed by atoms with Crippen LogP contribution in [0, 0.1) is 0 Å². The Hall–Kier alpha value is -2.78. The SMILES string of the molecule is FC(F)(F)Oc1ccc(-c2ccc3onc(OCC4COCCN4)c3c2)cc1. The summed E-state index contributed by atoms with van der Waals surface area (Å²) in [6, 6.07) is 11.1. The van der Waals surface area contributed by atoms with Gasteiger partial charge in [-0.2, -0.15) is 0 Å². The number of aromatic nitrogens is 1. The zero-order valence-corrected chi connectivity index (χ0v) is 14.7. The molecule has 0 spiro atoms. The maximum Gasteiger partial charge on any atom is 0.573 e. The Bertz CT molecular complexity index is 934. The Balaban J connectivity index is 1.52. The molecule has 2 aromatic carbocycles. The summed E-state index contributed by atoms with van der Waals surface area (Å²) in [5.41, 5.74) is 2.08. The molecular formula is C19H17F3N2O4. The summed E-state index contributed by atoms with van der Waals surface area (Å²) in [5, 5.41) is 7.93. The minimum atomic E-state index is -4.71. The van der Waals surface area contributed by atoms with Gasteiger partial charge in [0, 0.05) is 6.54 Å². The van der Waals surface area contributed by atoms with E-state index >= 15 is 0 Å². The van der Waals surface area contributed by atoms with Gasteiger partial charge in [-0.1, -0.05) is 18.2 Å². The molecule has 6 nitrogen and oxygen atoms in total. The van der Waals surface area contributed by atoms with Crippen LogP contribution < -0.4 is 14.8 Å². The molecule has 4 rings (SSSR count). The van der Waals surface area contributed by atoms with Crippen molar-refractivity contribution in [3.05, 3.63) is 42.5 Å². The standard InChI is InChI=1S/C19H17F3N2O4/c20-19(21,22)27-15-4-1-12(2-5-15)13-3-6-17-16(9-13)18(24-28-17)26-11-14-10-25-8-7-23-14/h1-6,9,14,23H,7-8,10-11H2. The lowest BCUT2D eigenvalue weighted by atomic mass is 10.0. The van der Waals surface area contributed by atoms with Crippen LogP contribution in [-0.2, 0) is 4.74 Å². The molecule has 1 atom stereocenters. The van der Waals surface area contributed by atoms with Crippen LogP contribution in [0.2, 0.25) is 0 Å². The maximum absolute atomic E-state index is 12.3. The highest BCUT2D eigenvalue weighted by Crippen LogP contribution is 2.32. The number of rotatable bonds is 5. The van der Waals surface area contributed by atoms with Gasteiger partial charge in [0.2, 0.25) is 0 Å². The summed E-state index contributed by atoms with van der Waals surface area (Å²) in [7, 11) is 0. The van der Waals surface area contributed by atoms with Crippen molar-refractivity contribution in [3.8, 4) is 22.8 Å². The largest absolute Gasteiger partial charge is 0.573 e. The lowest BCUT2D eigenvalue weighted by Gasteiger charge is -2.23. The molecule has 2 heterocycles. The third-order valence-corrected chi connectivity index (χ3v) is 4.28. The average Bonchev–Trinajstić information content (AvgIpc) is 3.09. The van der Waals surface area contributed by atoms with E-state index < -0.39 is 6.36 Å². The van der Waals surface area contributed by atoms with Crippen LogP contribution in [-0.4, -0.2) is 43.9 Å². The van der Waals surface area contributed by atoms with E-state index in [0.717, 1.165) is 17.7 Å². The van der Waals surface area contributed by atoms with E-state index in [1.165, 1.54) is 12.1 Å². The van der Waals surface area contributed by atoms with Crippen molar-refractivity contribution >= 4 is 11.0 Å². The number of nitrogens with one attached hydrogen (secondary N) is 1. The third kappa shape index (κ3) is 4.37. The highest BCUT2D eigenvalue weighted by molar-refractivity contribution is 5.87. The van der Waals surface area contributed by atoms with Gasteiger partial charge in [0.15, 0.2) is 5.58 Å². The minimum absolute atomic E-state index is 0.0739. The molecule has 1 unspecified atom stereocenters. The number of nitrogens with zero attached hydrogens (tertiary/aromatic N) is 1. The van der Waals surface area contributed by atoms with Crippen molar-refractivity contribution in [3.63, 3.8) is 0 Å². The molecule has 9 heteroatoms. The second kappa shape index (κ2) is 7.69. The zero-order chi connectivity index (χ0) is 19.6. The van der Waals surface area contributed by atoms with E-state index in [1.54, 1.807) is 24.3 Å². The van der Waals surface area contributed by atoms with Crippen LogP contribution in [0.4, 0.5) is 13.2 Å². The number of hydrogen-bond acceptors (Lipinski definition) is 6. The summed E-state index contributed by atoms with van der Waals surface area (Å²) in [4.78, 5) is 0. The third-order valence-electron chi connectivity index (χ3n) is 4.28. The van der Waals surface area contributed by atoms with Crippen LogP contribution >= 0.6 is 0 Å². The average molecular weight is 394 g/mol. The predicted molar refractivity (Wildman–Crippen MR) is 94.2 cm³/mol. The molecule has 1 aromatic heterocycles. The molecule has 1 aliphatic heterocycles. The van der Waals surface area contributed by atoms with E-state index in [9.17, 15) is 13.2 Å². The lowest BCUT2D eigenvalue weighted by Crippen LogP contribution is -2.44. The molecule has 0 aliphatic carbocycles. The topological polar surface area (TPSA) is 65.8 Å². The van der Waals surface area contributed by atoms with Gasteiger partial charge in [-0.3, -0.25) is 0 Å². The Morgan fingerprint density at radius 3 is 2.61 bits per heavy atom. The Morgan fingerprint density at radius 1 is 1.11 bits per heavy atom. The van der Waals surface area contributed by atoms with Gasteiger partial charge in [0.1, 0.15) is 12.4 Å². The number of ether oxygens (including phenoxy) is 3. The van der Waals surface area contributed by atoms with Gasteiger partial charge in [-0.05, 0) is 40.5 Å². The van der Waals surface area contributed by atoms with Crippen molar-refractivity contribution in [2.75, 3.05) is 26.4 Å². The first-order valence-corrected chi connectivity index (χ1v) is 8.67. The Kier molecular flexibility index (Phi) is 5.10. The molecule has 0 saturated carbocycles. The quantitative estimate of drug-likeness (QED) is 0.711. The first-order chi connectivity index (χ1) is 13.5. The van der Waals surface area contributed by atoms with E-state index in [-0.39, 0.29) is 11.8 Å². The number of morpholine rings is 1. The fourth-order valence-electron chi connectivity index (χ4n) is 2.96. The second-order valence-corrected chi connectivity index (χ2v) is 6.31. The molecule has 1 aliphatic rings. The molecular weight excluding hydrogens is 377 g/mol. The highest BCUT2D eigenvalue weighted by Gasteiger charge is 2.31. The van der Waals surface area contributed by atoms with E-state index in [4.69, 9.17) is 14.0 Å². The van der Waals surface area contributed by atoms with Gasteiger partial charge in [0.05, 0.1) is 24.6 Å². The molecule has 3 aromatic rings. The van der Waals surface area contributed by atoms with Crippen LogP contribution in [0.5, 0.6) is 11.6 Å². The van der Waals surface area contributed by atoms with Crippen molar-refractivity contribution in [1.82, 2.24) is 10.5 Å². The summed E-state index contributed by atoms with van der Waals surface area (Å²) < 4.78 is 57.2. The highest BCUT2D eigenvalue weighted by atomic mass is 19.4. The molecule has 0 amide bonds. The Morgan fingerprint density at radius 2 is 1.89 bits per heavy atom. The normalized spacial score (nSPS) is 17.6. The van der Waals surface area contributed by atoms with Gasteiger partial charge >= 0.3 is 6.36 Å². The molecule has 28 heavy (non-hydrogen) atoms. The van der Waals surface area contributed by atoms with Crippen molar-refractivity contribution < 1.29 is 31.9 Å². The first-order valence-electron chi connectivity index (χ1n) is 8.67. The molecule has 1 N–H and O–H groups in total. The molecule has 1 fully saturated rings. The number of hydrogen-bond donors (Lipinski definition) is 1. The van der Waals surface area contributed by atoms with Crippen LogP contribution in [0.3, 0.4) is 0 Å². The lowest BCUT2D eigenvalue weighted by molar-refractivity contribution is -0.274. The van der Waals surface area contributed by atoms with Crippen LogP contribution in [0.1, 0.15) is 0 Å². The number of halogens is 3. The van der Waals surface area contributed by atoms with Crippen molar-refractivity contribution in [1.29, 1.82) is 0 Å². The monoisotopic (exact) mass is 394 g/mol. The second-order valence-electron chi connectivity index (χ2n) is 6.31. The summed E-state index contributed by atoms with van der Waals surface area (Å²) >= 11 is 0. The van der Waals surface area contributed by atoms with Crippen LogP contribution in [0.15, 0.2) is 47.0 Å². The predicted octanol–water partition coefficient (Wildman–Crippen LogP) is 3.76. The first kappa shape index (κ1) is 18.6. The molecule has 1 saturated heterocycles. The zero-order valence-electron chi connectivity index (χ0n) is 14.7. The molecule has 148 valence electrons. The minimum Gasteiger partial charge on any atom is -0.473 e. The van der Waals surface area contributed by atoms with E-state index in [0.29, 0.717) is 36.7 Å². The molecule has 0 radical (unpaired) electrons. The smallest absolute Gasteiger partial charge is 0.473 e. The van der Waals surface area contributed by atoms with Gasteiger partial charge < -0.3 is 24.1 Å². The summed E-state index contributed by atoms with van der Waals surface area (Å²) in [6.45, 7) is 2.40. The van der Waals surface area contributed by atoms with Gasteiger partial charge in [0.25, 0.3) is 5.88 Å². The molecule has 0 bridgehead atoms. The van der Waals surface area contributed by atoms with Crippen molar-refractivity contribution in [2.45, 2.75) is 12.4 Å². The van der Waals surface area contributed by atoms with E-state index in [1.807, 2.05) is 6.07 Å². The van der Waals surface area contributed by atoms with Gasteiger partial charge in [-0.25, -0.2) is 0 Å². The van der Waals surface area contributed by atoms with Crippen LogP contribution in [0.25, 0.3) is 22.1 Å².